The normalized spacial score (nSPS) is 13.1. The number of hydrogen-bond donors (Lipinski definition) is 0. The van der Waals surface area contributed by atoms with Crippen molar-refractivity contribution in [2.75, 3.05) is 0 Å². The molecule has 2 nitrogen and oxygen atoms in total. The molecule has 120 valence electrons. The highest BCUT2D eigenvalue weighted by atomic mass is 15.1. The van der Waals surface area contributed by atoms with Crippen LogP contribution in [0.25, 0.3) is 33.4 Å². The molecule has 4 aromatic rings. The average molecular weight is 324 g/mol. The maximum atomic E-state index is 2.49. The van der Waals surface area contributed by atoms with Crippen molar-refractivity contribution in [1.29, 1.82) is 0 Å². The minimum atomic E-state index is 1.05. The number of aromatic nitrogens is 2. The lowest BCUT2D eigenvalue weighted by Crippen LogP contribution is -2.38. The van der Waals surface area contributed by atoms with Crippen molar-refractivity contribution >= 4 is 10.9 Å². The summed E-state index contributed by atoms with van der Waals surface area (Å²) in [6, 6.07) is 28.4. The fraction of sp³-hybridized carbons (Fsp3) is 0.130. The third-order valence-electron chi connectivity index (χ3n) is 5.13. The summed E-state index contributed by atoms with van der Waals surface area (Å²) in [7, 11) is 0. The van der Waals surface area contributed by atoms with Crippen LogP contribution in [0.2, 0.25) is 0 Å². The zero-order chi connectivity index (χ0) is 16.6. The van der Waals surface area contributed by atoms with Crippen molar-refractivity contribution < 1.29 is 9.13 Å². The second-order valence-corrected chi connectivity index (χ2v) is 6.61. The SMILES string of the molecule is c1ccc(-c2cc3[n+](c4ccccc24)CCC[n+]2ccccc2-3)cc1. The van der Waals surface area contributed by atoms with Gasteiger partial charge in [0.1, 0.15) is 0 Å². The van der Waals surface area contributed by atoms with Crippen LogP contribution in [0.15, 0.2) is 85.1 Å². The largest absolute Gasteiger partial charge is 0.278 e. The fourth-order valence-corrected chi connectivity index (χ4v) is 3.97. The Morgan fingerprint density at radius 3 is 2.40 bits per heavy atom. The average Bonchev–Trinajstić information content (AvgIpc) is 2.87. The van der Waals surface area contributed by atoms with Gasteiger partial charge in [-0.05, 0) is 17.7 Å². The van der Waals surface area contributed by atoms with Crippen LogP contribution in [0.3, 0.4) is 0 Å². The molecule has 0 fully saturated rings. The summed E-state index contributed by atoms with van der Waals surface area (Å²) < 4.78 is 4.86. The van der Waals surface area contributed by atoms with Crippen molar-refractivity contribution in [1.82, 2.24) is 0 Å². The Morgan fingerprint density at radius 2 is 1.48 bits per heavy atom. The third-order valence-corrected chi connectivity index (χ3v) is 5.13. The molecule has 0 N–H and O–H groups in total. The van der Waals surface area contributed by atoms with E-state index in [1.54, 1.807) is 0 Å². The highest BCUT2D eigenvalue weighted by molar-refractivity contribution is 5.94. The first-order chi connectivity index (χ1) is 12.4. The molecular weight excluding hydrogens is 304 g/mol. The Balaban J connectivity index is 1.90. The molecule has 2 aromatic carbocycles. The van der Waals surface area contributed by atoms with Crippen molar-refractivity contribution in [2.24, 2.45) is 0 Å². The van der Waals surface area contributed by atoms with E-state index in [1.165, 1.54) is 33.4 Å². The number of hydrogen-bond acceptors (Lipinski definition) is 0. The van der Waals surface area contributed by atoms with Gasteiger partial charge in [-0.25, -0.2) is 0 Å². The van der Waals surface area contributed by atoms with E-state index in [-0.39, 0.29) is 0 Å². The summed E-state index contributed by atoms with van der Waals surface area (Å²) in [5, 5.41) is 1.32. The molecule has 0 saturated carbocycles. The molecule has 2 heteroatoms. The summed E-state index contributed by atoms with van der Waals surface area (Å²) in [6.45, 7) is 2.11. The van der Waals surface area contributed by atoms with Gasteiger partial charge in [-0.3, -0.25) is 0 Å². The van der Waals surface area contributed by atoms with Crippen molar-refractivity contribution in [3.63, 3.8) is 0 Å². The zero-order valence-electron chi connectivity index (χ0n) is 14.1. The standard InChI is InChI=1S/C23H20N2/c1-2-9-18(10-3-1)20-17-23-22-13-6-7-14-24(22)15-8-16-25(23)21-12-5-4-11-19(20)21/h1-7,9-14,17H,8,15-16H2/q+2. The first-order valence-electron chi connectivity index (χ1n) is 8.92. The van der Waals surface area contributed by atoms with E-state index in [0.29, 0.717) is 0 Å². The molecule has 0 unspecified atom stereocenters. The molecule has 0 saturated heterocycles. The maximum absolute atomic E-state index is 2.49. The second-order valence-electron chi connectivity index (χ2n) is 6.61. The van der Waals surface area contributed by atoms with Gasteiger partial charge >= 0.3 is 0 Å². The number of nitrogens with zero attached hydrogens (tertiary/aromatic N) is 2. The van der Waals surface area contributed by atoms with Gasteiger partial charge in [-0.1, -0.05) is 42.5 Å². The molecule has 1 aliphatic heterocycles. The van der Waals surface area contributed by atoms with E-state index in [4.69, 9.17) is 0 Å². The Bertz CT molecular complexity index is 1070. The first-order valence-corrected chi connectivity index (χ1v) is 8.92. The Morgan fingerprint density at radius 1 is 0.680 bits per heavy atom. The fourth-order valence-electron chi connectivity index (χ4n) is 3.97. The monoisotopic (exact) mass is 324 g/mol. The van der Waals surface area contributed by atoms with Crippen LogP contribution >= 0.6 is 0 Å². The lowest BCUT2D eigenvalue weighted by molar-refractivity contribution is -0.686. The molecule has 0 bridgehead atoms. The minimum absolute atomic E-state index is 1.05. The molecule has 5 rings (SSSR count). The summed E-state index contributed by atoms with van der Waals surface area (Å²) >= 11 is 0. The topological polar surface area (TPSA) is 7.76 Å². The van der Waals surface area contributed by atoms with Gasteiger partial charge < -0.3 is 0 Å². The summed E-state index contributed by atoms with van der Waals surface area (Å²) in [5.74, 6) is 0. The van der Waals surface area contributed by atoms with Crippen LogP contribution in [-0.4, -0.2) is 0 Å². The molecule has 25 heavy (non-hydrogen) atoms. The van der Waals surface area contributed by atoms with Crippen LogP contribution in [0.1, 0.15) is 6.42 Å². The van der Waals surface area contributed by atoms with Gasteiger partial charge in [0.05, 0.1) is 11.8 Å². The lowest BCUT2D eigenvalue weighted by atomic mass is 9.98. The Kier molecular flexibility index (Phi) is 3.34. The number of rotatable bonds is 1. The van der Waals surface area contributed by atoms with Crippen LogP contribution in [0.5, 0.6) is 0 Å². The summed E-state index contributed by atoms with van der Waals surface area (Å²) in [4.78, 5) is 0. The van der Waals surface area contributed by atoms with E-state index in [2.05, 4.69) is 94.2 Å². The van der Waals surface area contributed by atoms with E-state index in [9.17, 15) is 0 Å². The van der Waals surface area contributed by atoms with Crippen molar-refractivity contribution in [3.05, 3.63) is 85.1 Å². The van der Waals surface area contributed by atoms with Gasteiger partial charge in [0.15, 0.2) is 19.3 Å². The number of pyridine rings is 2. The van der Waals surface area contributed by atoms with Crippen molar-refractivity contribution in [2.45, 2.75) is 19.5 Å². The van der Waals surface area contributed by atoms with Gasteiger partial charge in [-0.2, -0.15) is 9.13 Å². The quantitative estimate of drug-likeness (QED) is 0.465. The number of fused-ring (bicyclic) bond motifs is 5. The molecule has 0 atom stereocenters. The van der Waals surface area contributed by atoms with E-state index < -0.39 is 0 Å². The van der Waals surface area contributed by atoms with Gasteiger partial charge in [0.25, 0.3) is 11.4 Å². The molecule has 1 aliphatic rings. The highest BCUT2D eigenvalue weighted by Gasteiger charge is 2.29. The van der Waals surface area contributed by atoms with E-state index in [1.807, 2.05) is 0 Å². The predicted octanol–water partition coefficient (Wildman–Crippen LogP) is 4.15. The second kappa shape index (κ2) is 5.82. The van der Waals surface area contributed by atoms with E-state index >= 15 is 0 Å². The minimum Gasteiger partial charge on any atom is -0.193 e. The van der Waals surface area contributed by atoms with Crippen molar-refractivity contribution in [3.8, 4) is 22.5 Å². The molecule has 0 amide bonds. The summed E-state index contributed by atoms with van der Waals surface area (Å²) in [6.07, 6.45) is 3.34. The van der Waals surface area contributed by atoms with Gasteiger partial charge in [0.2, 0.25) is 5.52 Å². The number of para-hydroxylation sites is 1. The summed E-state index contributed by atoms with van der Waals surface area (Å²) in [5.41, 5.74) is 6.49. The van der Waals surface area contributed by atoms with Crippen LogP contribution in [0, 0.1) is 0 Å². The van der Waals surface area contributed by atoms with E-state index in [0.717, 1.165) is 19.5 Å². The predicted molar refractivity (Wildman–Crippen MR) is 99.8 cm³/mol. The lowest BCUT2D eigenvalue weighted by Gasteiger charge is -2.09. The van der Waals surface area contributed by atoms with Crippen LogP contribution < -0.4 is 9.13 Å². The first kappa shape index (κ1) is 14.4. The highest BCUT2D eigenvalue weighted by Crippen LogP contribution is 2.30. The maximum Gasteiger partial charge on any atom is 0.278 e. The number of benzene rings is 2. The molecule has 0 spiro atoms. The number of aryl methyl sites for hydroxylation is 2. The third kappa shape index (κ3) is 2.33. The van der Waals surface area contributed by atoms with Gasteiger partial charge in [0, 0.05) is 29.8 Å². The van der Waals surface area contributed by atoms with Crippen LogP contribution in [-0.2, 0) is 13.1 Å². The van der Waals surface area contributed by atoms with Crippen LogP contribution in [0.4, 0.5) is 0 Å². The molecule has 0 radical (unpaired) electrons. The smallest absolute Gasteiger partial charge is 0.193 e. The molecule has 2 aromatic heterocycles. The molecule has 3 heterocycles. The Labute approximate surface area is 147 Å². The molecule has 0 aliphatic carbocycles. The van der Waals surface area contributed by atoms with Gasteiger partial charge in [-0.15, -0.1) is 0 Å². The zero-order valence-corrected chi connectivity index (χ0v) is 14.1. The molecular formula is C23H20N2+2. The Hall–Kier alpha value is -3.00.